The summed E-state index contributed by atoms with van der Waals surface area (Å²) in [6.45, 7) is 5.84. The molecule has 1 aliphatic heterocycles. The first-order chi connectivity index (χ1) is 12.7. The maximum Gasteiger partial charge on any atom is 0.317 e. The average molecular weight is 356 g/mol. The van der Waals surface area contributed by atoms with Gasteiger partial charge in [-0.15, -0.1) is 0 Å². The first-order valence-corrected chi connectivity index (χ1v) is 10.2. The number of nitrogens with one attached hydrogen (secondary N) is 2. The standard InChI is InChI=1S/C22H33N3O/c1-18(15-19-7-3-2-4-8-19)16-25(17-20-11-13-23-14-12-20)22(26)24-21-9-5-6-10-21/h2-4,7-8,15,20-21,23H,5-6,9-14,16-17H2,1H3,(H,24,26)/b18-15+. The van der Waals surface area contributed by atoms with Gasteiger partial charge in [0.25, 0.3) is 0 Å². The van der Waals surface area contributed by atoms with Crippen molar-refractivity contribution in [2.75, 3.05) is 26.2 Å². The number of nitrogens with zero attached hydrogens (tertiary/aromatic N) is 1. The van der Waals surface area contributed by atoms with Crippen LogP contribution in [0, 0.1) is 5.92 Å². The van der Waals surface area contributed by atoms with Crippen LogP contribution in [0.15, 0.2) is 35.9 Å². The molecule has 0 spiro atoms. The summed E-state index contributed by atoms with van der Waals surface area (Å²) in [6.07, 6.45) is 9.26. The van der Waals surface area contributed by atoms with E-state index in [1.165, 1.54) is 24.0 Å². The number of carbonyl (C=O) groups excluding carboxylic acids is 1. The molecule has 0 unspecified atom stereocenters. The fourth-order valence-corrected chi connectivity index (χ4v) is 4.11. The number of benzene rings is 1. The van der Waals surface area contributed by atoms with Crippen LogP contribution in [-0.4, -0.2) is 43.2 Å². The van der Waals surface area contributed by atoms with Crippen LogP contribution in [0.1, 0.15) is 51.0 Å². The van der Waals surface area contributed by atoms with Crippen LogP contribution in [-0.2, 0) is 0 Å². The molecule has 1 aromatic rings. The number of rotatable bonds is 6. The lowest BCUT2D eigenvalue weighted by Crippen LogP contribution is -2.47. The fourth-order valence-electron chi connectivity index (χ4n) is 4.11. The van der Waals surface area contributed by atoms with Crippen molar-refractivity contribution in [1.82, 2.24) is 15.5 Å². The van der Waals surface area contributed by atoms with Crippen LogP contribution < -0.4 is 10.6 Å². The van der Waals surface area contributed by atoms with Gasteiger partial charge < -0.3 is 15.5 Å². The molecular formula is C22H33N3O. The Bertz CT molecular complexity index is 587. The van der Waals surface area contributed by atoms with E-state index in [-0.39, 0.29) is 6.03 Å². The van der Waals surface area contributed by atoms with Crippen molar-refractivity contribution in [3.63, 3.8) is 0 Å². The van der Waals surface area contributed by atoms with E-state index in [0.717, 1.165) is 45.3 Å². The molecule has 1 saturated heterocycles. The summed E-state index contributed by atoms with van der Waals surface area (Å²) < 4.78 is 0. The largest absolute Gasteiger partial charge is 0.335 e. The van der Waals surface area contributed by atoms with E-state index >= 15 is 0 Å². The summed E-state index contributed by atoms with van der Waals surface area (Å²) in [5, 5.41) is 6.70. The highest BCUT2D eigenvalue weighted by molar-refractivity contribution is 5.75. The second kappa shape index (κ2) is 9.77. The molecule has 0 bridgehead atoms. The lowest BCUT2D eigenvalue weighted by Gasteiger charge is -2.31. The number of urea groups is 1. The first kappa shape index (κ1) is 19.0. The quantitative estimate of drug-likeness (QED) is 0.809. The number of piperidine rings is 1. The molecule has 0 aromatic heterocycles. The van der Waals surface area contributed by atoms with E-state index in [9.17, 15) is 4.79 Å². The van der Waals surface area contributed by atoms with Gasteiger partial charge in [-0.05, 0) is 57.2 Å². The Labute approximate surface area is 158 Å². The summed E-state index contributed by atoms with van der Waals surface area (Å²) in [6, 6.07) is 10.9. The highest BCUT2D eigenvalue weighted by Gasteiger charge is 2.24. The molecule has 0 atom stereocenters. The molecule has 2 N–H and O–H groups in total. The number of hydrogen-bond donors (Lipinski definition) is 2. The third-order valence-corrected chi connectivity index (χ3v) is 5.56. The van der Waals surface area contributed by atoms with Crippen molar-refractivity contribution in [2.24, 2.45) is 5.92 Å². The van der Waals surface area contributed by atoms with E-state index < -0.39 is 0 Å². The zero-order valence-electron chi connectivity index (χ0n) is 16.0. The zero-order chi connectivity index (χ0) is 18.2. The van der Waals surface area contributed by atoms with Crippen molar-refractivity contribution in [2.45, 2.75) is 51.5 Å². The minimum absolute atomic E-state index is 0.122. The van der Waals surface area contributed by atoms with E-state index in [0.29, 0.717) is 18.5 Å². The van der Waals surface area contributed by atoms with Gasteiger partial charge in [-0.3, -0.25) is 0 Å². The molecule has 1 aliphatic carbocycles. The lowest BCUT2D eigenvalue weighted by atomic mass is 9.97. The minimum atomic E-state index is 0.122. The van der Waals surface area contributed by atoms with Crippen LogP contribution in [0.3, 0.4) is 0 Å². The molecule has 2 amide bonds. The topological polar surface area (TPSA) is 44.4 Å². The fraction of sp³-hybridized carbons (Fsp3) is 0.591. The smallest absolute Gasteiger partial charge is 0.317 e. The molecule has 4 heteroatoms. The van der Waals surface area contributed by atoms with Gasteiger partial charge in [-0.25, -0.2) is 4.79 Å². The van der Waals surface area contributed by atoms with Gasteiger partial charge in [0.2, 0.25) is 0 Å². The van der Waals surface area contributed by atoms with Gasteiger partial charge in [-0.1, -0.05) is 54.8 Å². The van der Waals surface area contributed by atoms with E-state index in [1.54, 1.807) is 0 Å². The van der Waals surface area contributed by atoms with Crippen LogP contribution >= 0.6 is 0 Å². The Morgan fingerprint density at radius 1 is 1.15 bits per heavy atom. The molecule has 26 heavy (non-hydrogen) atoms. The summed E-state index contributed by atoms with van der Waals surface area (Å²) in [4.78, 5) is 15.0. The van der Waals surface area contributed by atoms with Gasteiger partial charge in [0.05, 0.1) is 0 Å². The molecule has 142 valence electrons. The molecule has 1 saturated carbocycles. The van der Waals surface area contributed by atoms with Crippen molar-refractivity contribution >= 4 is 12.1 Å². The third kappa shape index (κ3) is 5.87. The maximum atomic E-state index is 12.9. The molecular weight excluding hydrogens is 322 g/mol. The van der Waals surface area contributed by atoms with Crippen LogP contribution in [0.5, 0.6) is 0 Å². The molecule has 1 aromatic carbocycles. The maximum absolute atomic E-state index is 12.9. The predicted molar refractivity (Wildman–Crippen MR) is 108 cm³/mol. The number of amides is 2. The summed E-state index contributed by atoms with van der Waals surface area (Å²) in [5.41, 5.74) is 2.43. The Balaban J connectivity index is 1.64. The Kier molecular flexibility index (Phi) is 7.13. The van der Waals surface area contributed by atoms with Crippen molar-refractivity contribution in [3.8, 4) is 0 Å². The van der Waals surface area contributed by atoms with Gasteiger partial charge in [0.15, 0.2) is 0 Å². The zero-order valence-corrected chi connectivity index (χ0v) is 16.0. The summed E-state index contributed by atoms with van der Waals surface area (Å²) in [7, 11) is 0. The predicted octanol–water partition coefficient (Wildman–Crippen LogP) is 4.04. The van der Waals surface area contributed by atoms with Crippen molar-refractivity contribution < 1.29 is 4.79 Å². The van der Waals surface area contributed by atoms with Crippen LogP contribution in [0.25, 0.3) is 6.08 Å². The Morgan fingerprint density at radius 2 is 1.85 bits per heavy atom. The van der Waals surface area contributed by atoms with Crippen molar-refractivity contribution in [3.05, 3.63) is 41.5 Å². The molecule has 2 aliphatic rings. The minimum Gasteiger partial charge on any atom is -0.335 e. The molecule has 1 heterocycles. The van der Waals surface area contributed by atoms with Gasteiger partial charge in [-0.2, -0.15) is 0 Å². The number of carbonyl (C=O) groups is 1. The van der Waals surface area contributed by atoms with Gasteiger partial charge >= 0.3 is 6.03 Å². The van der Waals surface area contributed by atoms with Gasteiger partial charge in [0.1, 0.15) is 0 Å². The second-order valence-corrected chi connectivity index (χ2v) is 7.91. The SMILES string of the molecule is C/C(=C\c1ccccc1)CN(CC1CCNCC1)C(=O)NC1CCCC1. The average Bonchev–Trinajstić information content (AvgIpc) is 3.16. The third-order valence-electron chi connectivity index (χ3n) is 5.56. The van der Waals surface area contributed by atoms with Crippen LogP contribution in [0.4, 0.5) is 4.79 Å². The molecule has 4 nitrogen and oxygen atoms in total. The lowest BCUT2D eigenvalue weighted by molar-refractivity contribution is 0.182. The molecule has 2 fully saturated rings. The first-order valence-electron chi connectivity index (χ1n) is 10.2. The number of hydrogen-bond acceptors (Lipinski definition) is 2. The normalized spacial score (nSPS) is 19.5. The Morgan fingerprint density at radius 3 is 2.54 bits per heavy atom. The van der Waals surface area contributed by atoms with Crippen molar-refractivity contribution in [1.29, 1.82) is 0 Å². The molecule has 0 radical (unpaired) electrons. The Hall–Kier alpha value is -1.81. The summed E-state index contributed by atoms with van der Waals surface area (Å²) >= 11 is 0. The second-order valence-electron chi connectivity index (χ2n) is 7.91. The van der Waals surface area contributed by atoms with E-state index in [2.05, 4.69) is 47.9 Å². The van der Waals surface area contributed by atoms with Gasteiger partial charge in [0, 0.05) is 19.1 Å². The van der Waals surface area contributed by atoms with E-state index in [4.69, 9.17) is 0 Å². The highest BCUT2D eigenvalue weighted by atomic mass is 16.2. The monoisotopic (exact) mass is 355 g/mol. The van der Waals surface area contributed by atoms with Crippen LogP contribution in [0.2, 0.25) is 0 Å². The van der Waals surface area contributed by atoms with E-state index in [1.807, 2.05) is 11.0 Å². The summed E-state index contributed by atoms with van der Waals surface area (Å²) in [5.74, 6) is 0.607. The highest BCUT2D eigenvalue weighted by Crippen LogP contribution is 2.19. The molecule has 3 rings (SSSR count).